The van der Waals surface area contributed by atoms with E-state index < -0.39 is 33.9 Å². The van der Waals surface area contributed by atoms with Crippen LogP contribution in [0.5, 0.6) is 5.75 Å². The predicted molar refractivity (Wildman–Crippen MR) is 175 cm³/mol. The van der Waals surface area contributed by atoms with Crippen LogP contribution in [-0.2, 0) is 14.8 Å². The van der Waals surface area contributed by atoms with E-state index in [0.29, 0.717) is 18.6 Å². The summed E-state index contributed by atoms with van der Waals surface area (Å²) in [5.41, 5.74) is 0.724. The molecule has 2 aromatic carbocycles. The van der Waals surface area contributed by atoms with Crippen molar-refractivity contribution in [2.45, 2.75) is 63.2 Å². The van der Waals surface area contributed by atoms with E-state index in [1.807, 2.05) is 13.8 Å². The molecule has 2 heterocycles. The molecule has 0 radical (unpaired) electrons. The van der Waals surface area contributed by atoms with Gasteiger partial charge in [-0.2, -0.15) is 0 Å². The molecular formula is C34H43FN4O7S. The van der Waals surface area contributed by atoms with E-state index in [4.69, 9.17) is 9.47 Å². The number of nitrogens with one attached hydrogen (secondary N) is 1. The van der Waals surface area contributed by atoms with Gasteiger partial charge in [-0.1, -0.05) is 6.92 Å². The van der Waals surface area contributed by atoms with E-state index in [1.54, 1.807) is 49.5 Å². The molecule has 254 valence electrons. The zero-order chi connectivity index (χ0) is 34.1. The number of pyridine rings is 1. The minimum absolute atomic E-state index is 0.112. The van der Waals surface area contributed by atoms with E-state index in [0.717, 1.165) is 37.1 Å². The highest BCUT2D eigenvalue weighted by Gasteiger charge is 2.31. The number of hydrogen-bond acceptors (Lipinski definition) is 8. The number of sulfonamides is 1. The first-order valence-electron chi connectivity index (χ1n) is 15.7. The van der Waals surface area contributed by atoms with Crippen LogP contribution in [-0.4, -0.2) is 91.7 Å². The zero-order valence-corrected chi connectivity index (χ0v) is 28.0. The Labute approximate surface area is 275 Å². The highest BCUT2D eigenvalue weighted by Crippen LogP contribution is 2.29. The van der Waals surface area contributed by atoms with E-state index in [2.05, 4.69) is 9.71 Å². The van der Waals surface area contributed by atoms with E-state index >= 15 is 0 Å². The second-order valence-electron chi connectivity index (χ2n) is 12.0. The summed E-state index contributed by atoms with van der Waals surface area (Å²) < 4.78 is 54.6. The number of carbonyl (C=O) groups excluding carboxylic acids is 2. The van der Waals surface area contributed by atoms with Crippen molar-refractivity contribution in [1.82, 2.24) is 14.8 Å². The largest absolute Gasteiger partial charge is 0.490 e. The number of anilines is 1. The van der Waals surface area contributed by atoms with Gasteiger partial charge in [0.15, 0.2) is 0 Å². The Hall–Kier alpha value is -4.07. The Morgan fingerprint density at radius 3 is 2.51 bits per heavy atom. The van der Waals surface area contributed by atoms with Crippen LogP contribution in [0.2, 0.25) is 0 Å². The summed E-state index contributed by atoms with van der Waals surface area (Å²) in [6, 6.07) is 11.6. The highest BCUT2D eigenvalue weighted by atomic mass is 32.2. The van der Waals surface area contributed by atoms with Crippen molar-refractivity contribution in [2.75, 3.05) is 38.1 Å². The number of ether oxygens (including phenoxy) is 2. The van der Waals surface area contributed by atoms with Gasteiger partial charge in [0.05, 0.1) is 35.3 Å². The van der Waals surface area contributed by atoms with Crippen molar-refractivity contribution in [1.29, 1.82) is 0 Å². The summed E-state index contributed by atoms with van der Waals surface area (Å²) in [5, 5.41) is 10.2. The lowest BCUT2D eigenvalue weighted by Gasteiger charge is -2.36. The lowest BCUT2D eigenvalue weighted by atomic mass is 10.0. The number of aromatic nitrogens is 1. The normalized spacial score (nSPS) is 20.3. The number of amides is 2. The van der Waals surface area contributed by atoms with Crippen LogP contribution in [0.15, 0.2) is 71.9 Å². The first-order chi connectivity index (χ1) is 22.4. The summed E-state index contributed by atoms with van der Waals surface area (Å²) in [7, 11) is -2.40. The van der Waals surface area contributed by atoms with Crippen LogP contribution < -0.4 is 9.46 Å². The lowest BCUT2D eigenvalue weighted by Crippen LogP contribution is -2.48. The van der Waals surface area contributed by atoms with Crippen molar-refractivity contribution in [3.63, 3.8) is 0 Å². The summed E-state index contributed by atoms with van der Waals surface area (Å²) in [5.74, 6) is -1.22. The van der Waals surface area contributed by atoms with Crippen LogP contribution >= 0.6 is 0 Å². The average molecular weight is 671 g/mol. The molecule has 4 atom stereocenters. The maximum atomic E-state index is 14.3. The van der Waals surface area contributed by atoms with E-state index in [-0.39, 0.29) is 59.5 Å². The molecule has 0 aliphatic carbocycles. The molecule has 0 unspecified atom stereocenters. The molecule has 4 rings (SSSR count). The van der Waals surface area contributed by atoms with Gasteiger partial charge in [-0.3, -0.25) is 19.3 Å². The first-order valence-corrected chi connectivity index (χ1v) is 17.2. The number of hydrogen-bond donors (Lipinski definition) is 2. The topological polar surface area (TPSA) is 138 Å². The quantitative estimate of drug-likeness (QED) is 0.355. The second kappa shape index (κ2) is 16.2. The Balaban J connectivity index is 1.66. The van der Waals surface area contributed by atoms with E-state index in [9.17, 15) is 27.5 Å². The molecule has 2 amide bonds. The zero-order valence-electron chi connectivity index (χ0n) is 27.1. The summed E-state index contributed by atoms with van der Waals surface area (Å²) in [6.45, 7) is 6.10. The molecule has 0 fully saturated rings. The van der Waals surface area contributed by atoms with Crippen LogP contribution in [0.3, 0.4) is 0 Å². The standard InChI is InChI=1S/C34H43FN4O7S/c1-23-20-39(24(2)22-40)34(42)30-19-28(37-47(43,44)29-11-8-27(35)9-12-29)10-13-31(30)46-25(3)7-5-6-18-45-32(23)21-38(4)33(41)26-14-16-36-17-15-26/h8-17,19,23-25,32,37,40H,5-7,18,20-22H2,1-4H3/t23-,24-,25+,32-/m0/s1. The second-order valence-corrected chi connectivity index (χ2v) is 13.7. The van der Waals surface area contributed by atoms with Gasteiger partial charge >= 0.3 is 0 Å². The van der Waals surface area contributed by atoms with Gasteiger partial charge in [-0.05, 0) is 87.7 Å². The van der Waals surface area contributed by atoms with Crippen molar-refractivity contribution in [2.24, 2.45) is 5.92 Å². The van der Waals surface area contributed by atoms with Crippen LogP contribution in [0.4, 0.5) is 10.1 Å². The minimum atomic E-state index is -4.10. The molecule has 47 heavy (non-hydrogen) atoms. The fourth-order valence-corrected chi connectivity index (χ4v) is 6.39. The summed E-state index contributed by atoms with van der Waals surface area (Å²) in [4.78, 5) is 34.4. The summed E-state index contributed by atoms with van der Waals surface area (Å²) >= 11 is 0. The molecule has 2 N–H and O–H groups in total. The maximum Gasteiger partial charge on any atom is 0.261 e. The molecular weight excluding hydrogens is 627 g/mol. The van der Waals surface area contributed by atoms with Crippen LogP contribution in [0.1, 0.15) is 60.7 Å². The number of fused-ring (bicyclic) bond motifs is 1. The highest BCUT2D eigenvalue weighted by molar-refractivity contribution is 7.92. The molecule has 13 heteroatoms. The monoisotopic (exact) mass is 670 g/mol. The van der Waals surface area contributed by atoms with Gasteiger partial charge in [0.2, 0.25) is 0 Å². The van der Waals surface area contributed by atoms with Crippen LogP contribution in [0, 0.1) is 11.7 Å². The van der Waals surface area contributed by atoms with E-state index in [1.165, 1.54) is 17.0 Å². The predicted octanol–water partition coefficient (Wildman–Crippen LogP) is 4.59. The fraction of sp³-hybridized carbons (Fsp3) is 0.441. The smallest absolute Gasteiger partial charge is 0.261 e. The Kier molecular flexibility index (Phi) is 12.3. The molecule has 1 aliphatic heterocycles. The SMILES string of the molecule is C[C@@H]1CCCCO[C@@H](CN(C)C(=O)c2ccncc2)[C@@H](C)CN([C@@H](C)CO)C(=O)c2cc(NS(=O)(=O)c3ccc(F)cc3)ccc2O1. The number of benzene rings is 2. The molecule has 11 nitrogen and oxygen atoms in total. The van der Waals surface area contributed by atoms with Crippen molar-refractivity contribution >= 4 is 27.5 Å². The molecule has 0 saturated carbocycles. The van der Waals surface area contributed by atoms with Crippen molar-refractivity contribution in [3.8, 4) is 5.75 Å². The third-order valence-electron chi connectivity index (χ3n) is 8.16. The van der Waals surface area contributed by atoms with Crippen molar-refractivity contribution in [3.05, 3.63) is 83.9 Å². The van der Waals surface area contributed by atoms with Crippen molar-refractivity contribution < 1.29 is 37.0 Å². The van der Waals surface area contributed by atoms with Crippen LogP contribution in [0.25, 0.3) is 0 Å². The number of rotatable bonds is 8. The number of aliphatic hydroxyl groups excluding tert-OH is 1. The van der Waals surface area contributed by atoms with Gasteiger partial charge < -0.3 is 24.4 Å². The van der Waals surface area contributed by atoms with Gasteiger partial charge in [-0.15, -0.1) is 0 Å². The van der Waals surface area contributed by atoms with Gasteiger partial charge in [0.1, 0.15) is 11.6 Å². The average Bonchev–Trinajstić information content (AvgIpc) is 3.06. The Morgan fingerprint density at radius 2 is 1.83 bits per heavy atom. The van der Waals surface area contributed by atoms with Gasteiger partial charge in [-0.25, -0.2) is 12.8 Å². The molecule has 1 aromatic heterocycles. The molecule has 3 aromatic rings. The maximum absolute atomic E-state index is 14.3. The van der Waals surface area contributed by atoms with Gasteiger partial charge in [0, 0.05) is 56.3 Å². The fourth-order valence-electron chi connectivity index (χ4n) is 5.34. The number of carbonyl (C=O) groups is 2. The number of halogens is 1. The number of aliphatic hydroxyl groups is 1. The molecule has 0 saturated heterocycles. The third-order valence-corrected chi connectivity index (χ3v) is 9.55. The molecule has 1 aliphatic rings. The Morgan fingerprint density at radius 1 is 1.13 bits per heavy atom. The molecule has 0 bridgehead atoms. The lowest BCUT2D eigenvalue weighted by molar-refractivity contribution is -0.0149. The number of likely N-dealkylation sites (N-methyl/N-ethyl adjacent to an activating group) is 1. The van der Waals surface area contributed by atoms with Gasteiger partial charge in [0.25, 0.3) is 21.8 Å². The Bertz CT molecular complexity index is 1610. The summed E-state index contributed by atoms with van der Waals surface area (Å²) in [6.07, 6.45) is 4.64. The molecule has 0 spiro atoms. The first kappa shape index (κ1) is 35.8. The number of nitrogens with zero attached hydrogens (tertiary/aromatic N) is 3. The third kappa shape index (κ3) is 9.49. The minimum Gasteiger partial charge on any atom is -0.490 e.